The lowest BCUT2D eigenvalue weighted by molar-refractivity contribution is 0.0547. The van der Waals surface area contributed by atoms with Crippen LogP contribution in [0.5, 0.6) is 11.5 Å². The molecule has 2 aromatic heterocycles. The predicted octanol–water partition coefficient (Wildman–Crippen LogP) is 1.91. The zero-order chi connectivity index (χ0) is 25.4. The van der Waals surface area contributed by atoms with Gasteiger partial charge >= 0.3 is 0 Å². The maximum absolute atomic E-state index is 5.55. The minimum Gasteiger partial charge on any atom is -0.497 e. The summed E-state index contributed by atoms with van der Waals surface area (Å²) in [7, 11) is 3.23. The fourth-order valence-electron chi connectivity index (χ4n) is 3.08. The summed E-state index contributed by atoms with van der Waals surface area (Å²) in [6.07, 6.45) is 1.74. The highest BCUT2D eigenvalue weighted by Gasteiger charge is 2.08. The monoisotopic (exact) mass is 498 g/mol. The summed E-state index contributed by atoms with van der Waals surface area (Å²) < 4.78 is 21.6. The molecular weight excluding hydrogens is 464 g/mol. The van der Waals surface area contributed by atoms with Crippen molar-refractivity contribution in [2.24, 2.45) is 5.73 Å². The molecule has 3 rings (SSSR count). The average molecular weight is 499 g/mol. The standard InChI is InChI=1S/C24H34N8O4/c1-33-20-13-18(14-21(15-20)34-2)16-28-23-30-22(27-8-10-36-12-11-35-9-6-25)31-24(32-23)29-17-19-5-3-4-7-26-19/h3-5,7,13-15H,6,8-12,16-17,25H2,1-2H3,(H3,27,28,29,30,31,32). The molecule has 3 aromatic rings. The van der Waals surface area contributed by atoms with E-state index < -0.39 is 0 Å². The lowest BCUT2D eigenvalue weighted by atomic mass is 10.2. The number of pyridine rings is 1. The number of hydrogen-bond donors (Lipinski definition) is 4. The Balaban J connectivity index is 1.62. The molecule has 0 aliphatic rings. The molecule has 12 heteroatoms. The van der Waals surface area contributed by atoms with E-state index in [-0.39, 0.29) is 0 Å². The predicted molar refractivity (Wildman–Crippen MR) is 137 cm³/mol. The molecule has 0 aliphatic heterocycles. The zero-order valence-electron chi connectivity index (χ0n) is 20.7. The second-order valence-electron chi connectivity index (χ2n) is 7.50. The third-order valence-electron chi connectivity index (χ3n) is 4.81. The molecule has 0 radical (unpaired) electrons. The molecule has 0 bridgehead atoms. The van der Waals surface area contributed by atoms with Crippen molar-refractivity contribution in [2.75, 3.05) is 69.7 Å². The van der Waals surface area contributed by atoms with Crippen LogP contribution in [0, 0.1) is 0 Å². The molecule has 0 saturated heterocycles. The average Bonchev–Trinajstić information content (AvgIpc) is 2.92. The summed E-state index contributed by atoms with van der Waals surface area (Å²) in [4.78, 5) is 17.8. The number of nitrogens with one attached hydrogen (secondary N) is 3. The maximum atomic E-state index is 5.55. The molecule has 0 aliphatic carbocycles. The number of benzene rings is 1. The van der Waals surface area contributed by atoms with Crippen LogP contribution < -0.4 is 31.2 Å². The van der Waals surface area contributed by atoms with Gasteiger partial charge in [0.2, 0.25) is 17.8 Å². The first-order valence-electron chi connectivity index (χ1n) is 11.6. The first kappa shape index (κ1) is 26.9. The summed E-state index contributed by atoms with van der Waals surface area (Å²) in [5.41, 5.74) is 7.22. The molecule has 0 amide bonds. The summed E-state index contributed by atoms with van der Waals surface area (Å²) in [5, 5.41) is 9.63. The molecule has 1 aromatic carbocycles. The first-order valence-corrected chi connectivity index (χ1v) is 11.6. The number of rotatable bonds is 17. The second kappa shape index (κ2) is 15.3. The van der Waals surface area contributed by atoms with Crippen LogP contribution in [0.4, 0.5) is 17.8 Å². The Hall–Kier alpha value is -3.74. The minimum absolute atomic E-state index is 0.411. The Labute approximate surface area is 211 Å². The van der Waals surface area contributed by atoms with Gasteiger partial charge in [-0.3, -0.25) is 4.98 Å². The maximum Gasteiger partial charge on any atom is 0.229 e. The van der Waals surface area contributed by atoms with Crippen LogP contribution in [0.15, 0.2) is 42.6 Å². The topological polar surface area (TPSA) is 151 Å². The Morgan fingerprint density at radius 2 is 1.39 bits per heavy atom. The Bertz CT molecular complexity index is 1020. The van der Waals surface area contributed by atoms with Crippen LogP contribution >= 0.6 is 0 Å². The van der Waals surface area contributed by atoms with Crippen LogP contribution in [-0.2, 0) is 22.6 Å². The van der Waals surface area contributed by atoms with Crippen molar-refractivity contribution in [1.82, 2.24) is 19.9 Å². The van der Waals surface area contributed by atoms with Crippen LogP contribution in [-0.4, -0.2) is 73.7 Å². The number of ether oxygens (including phenoxy) is 4. The third-order valence-corrected chi connectivity index (χ3v) is 4.81. The van der Waals surface area contributed by atoms with Gasteiger partial charge in [0.25, 0.3) is 0 Å². The number of nitrogens with two attached hydrogens (primary N) is 1. The summed E-state index contributed by atoms with van der Waals surface area (Å²) in [6.45, 7) is 3.96. The molecule has 5 N–H and O–H groups in total. The normalized spacial score (nSPS) is 10.6. The fourth-order valence-corrected chi connectivity index (χ4v) is 3.08. The minimum atomic E-state index is 0.411. The highest BCUT2D eigenvalue weighted by molar-refractivity contribution is 5.44. The van der Waals surface area contributed by atoms with Crippen LogP contribution in [0.3, 0.4) is 0 Å². The van der Waals surface area contributed by atoms with Gasteiger partial charge in [-0.2, -0.15) is 15.0 Å². The number of nitrogens with zero attached hydrogens (tertiary/aromatic N) is 4. The van der Waals surface area contributed by atoms with Gasteiger partial charge in [-0.25, -0.2) is 0 Å². The Kier molecular flexibility index (Phi) is 11.4. The van der Waals surface area contributed by atoms with E-state index in [0.29, 0.717) is 82.0 Å². The van der Waals surface area contributed by atoms with Gasteiger partial charge in [-0.1, -0.05) is 6.07 Å². The van der Waals surface area contributed by atoms with Gasteiger partial charge in [0.15, 0.2) is 0 Å². The van der Waals surface area contributed by atoms with E-state index in [9.17, 15) is 0 Å². The highest BCUT2D eigenvalue weighted by Crippen LogP contribution is 2.23. The quantitative estimate of drug-likeness (QED) is 0.201. The van der Waals surface area contributed by atoms with Gasteiger partial charge in [0, 0.05) is 31.9 Å². The summed E-state index contributed by atoms with van der Waals surface area (Å²) in [5.74, 6) is 2.65. The summed E-state index contributed by atoms with van der Waals surface area (Å²) >= 11 is 0. The van der Waals surface area contributed by atoms with Crippen molar-refractivity contribution in [3.63, 3.8) is 0 Å². The Morgan fingerprint density at radius 1 is 0.750 bits per heavy atom. The molecule has 0 unspecified atom stereocenters. The van der Waals surface area contributed by atoms with Crippen LogP contribution in [0.2, 0.25) is 0 Å². The van der Waals surface area contributed by atoms with E-state index in [0.717, 1.165) is 11.3 Å². The molecule has 2 heterocycles. The molecule has 36 heavy (non-hydrogen) atoms. The van der Waals surface area contributed by atoms with Crippen LogP contribution in [0.25, 0.3) is 0 Å². The highest BCUT2D eigenvalue weighted by atomic mass is 16.5. The molecule has 0 fully saturated rings. The third kappa shape index (κ3) is 9.49. The van der Waals surface area contributed by atoms with Crippen molar-refractivity contribution in [1.29, 1.82) is 0 Å². The van der Waals surface area contributed by atoms with E-state index >= 15 is 0 Å². The molecule has 12 nitrogen and oxygen atoms in total. The van der Waals surface area contributed by atoms with Crippen molar-refractivity contribution in [3.05, 3.63) is 53.9 Å². The van der Waals surface area contributed by atoms with E-state index in [4.69, 9.17) is 24.7 Å². The molecule has 194 valence electrons. The zero-order valence-corrected chi connectivity index (χ0v) is 20.7. The van der Waals surface area contributed by atoms with Gasteiger partial charge in [-0.05, 0) is 29.8 Å². The molecular formula is C24H34N8O4. The van der Waals surface area contributed by atoms with Crippen molar-refractivity contribution < 1.29 is 18.9 Å². The lowest BCUT2D eigenvalue weighted by Gasteiger charge is -2.12. The largest absolute Gasteiger partial charge is 0.497 e. The smallest absolute Gasteiger partial charge is 0.229 e. The van der Waals surface area contributed by atoms with Gasteiger partial charge in [0.05, 0.1) is 52.9 Å². The number of hydrogen-bond acceptors (Lipinski definition) is 12. The molecule has 0 atom stereocenters. The second-order valence-corrected chi connectivity index (χ2v) is 7.50. The fraction of sp³-hybridized carbons (Fsp3) is 0.417. The van der Waals surface area contributed by atoms with E-state index in [1.807, 2.05) is 36.4 Å². The summed E-state index contributed by atoms with van der Waals surface area (Å²) in [6, 6.07) is 11.4. The van der Waals surface area contributed by atoms with E-state index in [1.165, 1.54) is 0 Å². The van der Waals surface area contributed by atoms with E-state index in [2.05, 4.69) is 35.9 Å². The van der Waals surface area contributed by atoms with Crippen molar-refractivity contribution >= 4 is 17.8 Å². The van der Waals surface area contributed by atoms with Crippen LogP contribution in [0.1, 0.15) is 11.3 Å². The van der Waals surface area contributed by atoms with Gasteiger partial charge in [-0.15, -0.1) is 0 Å². The Morgan fingerprint density at radius 3 is 2.00 bits per heavy atom. The number of aromatic nitrogens is 4. The van der Waals surface area contributed by atoms with Gasteiger partial charge < -0.3 is 40.6 Å². The first-order chi connectivity index (χ1) is 17.7. The van der Waals surface area contributed by atoms with Crippen molar-refractivity contribution in [2.45, 2.75) is 13.1 Å². The SMILES string of the molecule is COc1cc(CNc2nc(NCCOCCOCCN)nc(NCc3ccccn3)n2)cc(OC)c1. The number of anilines is 3. The number of methoxy groups -OCH3 is 2. The lowest BCUT2D eigenvalue weighted by Crippen LogP contribution is -2.17. The molecule has 0 saturated carbocycles. The van der Waals surface area contributed by atoms with Crippen molar-refractivity contribution in [3.8, 4) is 11.5 Å². The van der Waals surface area contributed by atoms with Gasteiger partial charge in [0.1, 0.15) is 11.5 Å². The molecule has 0 spiro atoms. The van der Waals surface area contributed by atoms with E-state index in [1.54, 1.807) is 20.4 Å².